The lowest BCUT2D eigenvalue weighted by Gasteiger charge is -2.18. The van der Waals surface area contributed by atoms with Crippen molar-refractivity contribution < 1.29 is 9.53 Å². The molecule has 1 saturated carbocycles. The summed E-state index contributed by atoms with van der Waals surface area (Å²) < 4.78 is 5.44. The Morgan fingerprint density at radius 3 is 2.79 bits per heavy atom. The lowest BCUT2D eigenvalue weighted by Crippen LogP contribution is -2.22. The molecular formula is C16H21NO2. The zero-order valence-electron chi connectivity index (χ0n) is 11.4. The van der Waals surface area contributed by atoms with Gasteiger partial charge in [-0.1, -0.05) is 25.1 Å². The van der Waals surface area contributed by atoms with Gasteiger partial charge < -0.3 is 9.64 Å². The minimum Gasteiger partial charge on any atom is -0.465 e. The topological polar surface area (TPSA) is 29.5 Å². The molecule has 3 atom stereocenters. The van der Waals surface area contributed by atoms with E-state index in [2.05, 4.69) is 36.1 Å². The third-order valence-corrected chi connectivity index (χ3v) is 4.28. The van der Waals surface area contributed by atoms with Gasteiger partial charge in [0.1, 0.15) is 0 Å². The third kappa shape index (κ3) is 2.91. The summed E-state index contributed by atoms with van der Waals surface area (Å²) in [4.78, 5) is 14.1. The first-order chi connectivity index (χ1) is 9.24. The highest BCUT2D eigenvalue weighted by Gasteiger charge is 2.40. The number of anilines is 1. The van der Waals surface area contributed by atoms with Crippen molar-refractivity contribution in [2.24, 2.45) is 17.8 Å². The standard InChI is InChI=1S/C16H21NO2/c1-12-9-15(12)16(18)19-11-13-7-8-17(10-13)14-5-3-2-4-6-14/h2-6,12-13,15H,7-11H2,1H3/t12-,13-,15-/m1/s1. The van der Waals surface area contributed by atoms with E-state index >= 15 is 0 Å². The van der Waals surface area contributed by atoms with Crippen LogP contribution < -0.4 is 4.90 Å². The van der Waals surface area contributed by atoms with Crippen LogP contribution in [-0.2, 0) is 9.53 Å². The summed E-state index contributed by atoms with van der Waals surface area (Å²) in [6.07, 6.45) is 2.13. The van der Waals surface area contributed by atoms with Gasteiger partial charge >= 0.3 is 5.97 Å². The van der Waals surface area contributed by atoms with Crippen molar-refractivity contribution in [3.63, 3.8) is 0 Å². The Morgan fingerprint density at radius 1 is 1.37 bits per heavy atom. The third-order valence-electron chi connectivity index (χ3n) is 4.28. The van der Waals surface area contributed by atoms with Crippen molar-refractivity contribution in [3.8, 4) is 0 Å². The average molecular weight is 259 g/mol. The molecule has 0 aromatic heterocycles. The molecule has 0 bridgehead atoms. The Hall–Kier alpha value is -1.51. The van der Waals surface area contributed by atoms with Crippen molar-refractivity contribution in [2.45, 2.75) is 19.8 Å². The van der Waals surface area contributed by atoms with Gasteiger partial charge in [0.15, 0.2) is 0 Å². The smallest absolute Gasteiger partial charge is 0.309 e. The molecule has 3 nitrogen and oxygen atoms in total. The van der Waals surface area contributed by atoms with Gasteiger partial charge in [0.25, 0.3) is 0 Å². The second kappa shape index (κ2) is 5.24. The number of hydrogen-bond acceptors (Lipinski definition) is 3. The van der Waals surface area contributed by atoms with Crippen LogP contribution >= 0.6 is 0 Å². The molecule has 19 heavy (non-hydrogen) atoms. The van der Waals surface area contributed by atoms with Crippen LogP contribution in [0.3, 0.4) is 0 Å². The van der Waals surface area contributed by atoms with Gasteiger partial charge in [-0.05, 0) is 30.9 Å². The number of para-hydroxylation sites is 1. The highest BCUT2D eigenvalue weighted by molar-refractivity contribution is 5.75. The highest BCUT2D eigenvalue weighted by atomic mass is 16.5. The number of nitrogens with zero attached hydrogens (tertiary/aromatic N) is 1. The summed E-state index contributed by atoms with van der Waals surface area (Å²) in [6.45, 7) is 4.76. The van der Waals surface area contributed by atoms with E-state index in [1.807, 2.05) is 6.07 Å². The Labute approximate surface area is 114 Å². The Balaban J connectivity index is 1.46. The molecule has 0 unspecified atom stereocenters. The fourth-order valence-corrected chi connectivity index (χ4v) is 2.80. The Morgan fingerprint density at radius 2 is 2.11 bits per heavy atom. The molecule has 0 N–H and O–H groups in total. The van der Waals surface area contributed by atoms with Crippen LogP contribution in [0.15, 0.2) is 30.3 Å². The maximum Gasteiger partial charge on any atom is 0.309 e. The van der Waals surface area contributed by atoms with Gasteiger partial charge in [-0.2, -0.15) is 0 Å². The number of carbonyl (C=O) groups excluding carboxylic acids is 1. The lowest BCUT2D eigenvalue weighted by molar-refractivity contribution is -0.146. The van der Waals surface area contributed by atoms with E-state index in [1.54, 1.807) is 0 Å². The van der Waals surface area contributed by atoms with E-state index in [0.717, 1.165) is 25.9 Å². The van der Waals surface area contributed by atoms with Crippen LogP contribution in [0.2, 0.25) is 0 Å². The van der Waals surface area contributed by atoms with Crippen LogP contribution in [0.5, 0.6) is 0 Å². The normalized spacial score (nSPS) is 29.3. The number of rotatable bonds is 4. The van der Waals surface area contributed by atoms with Crippen LogP contribution in [0, 0.1) is 17.8 Å². The molecule has 1 aromatic rings. The van der Waals surface area contributed by atoms with E-state index in [0.29, 0.717) is 18.4 Å². The number of carbonyl (C=O) groups is 1. The number of esters is 1. The maximum absolute atomic E-state index is 11.7. The summed E-state index contributed by atoms with van der Waals surface area (Å²) in [5, 5.41) is 0. The first-order valence-electron chi connectivity index (χ1n) is 7.20. The number of benzene rings is 1. The van der Waals surface area contributed by atoms with Gasteiger partial charge in [-0.15, -0.1) is 0 Å². The Kier molecular flexibility index (Phi) is 3.45. The maximum atomic E-state index is 11.7. The molecule has 3 heteroatoms. The fraction of sp³-hybridized carbons (Fsp3) is 0.562. The zero-order valence-corrected chi connectivity index (χ0v) is 11.4. The monoisotopic (exact) mass is 259 g/mol. The summed E-state index contributed by atoms with van der Waals surface area (Å²) >= 11 is 0. The molecule has 0 radical (unpaired) electrons. The van der Waals surface area contributed by atoms with Crippen molar-refractivity contribution in [1.82, 2.24) is 0 Å². The first-order valence-corrected chi connectivity index (χ1v) is 7.20. The van der Waals surface area contributed by atoms with Crippen molar-refractivity contribution in [3.05, 3.63) is 30.3 Å². The van der Waals surface area contributed by atoms with Crippen LogP contribution in [0.4, 0.5) is 5.69 Å². The van der Waals surface area contributed by atoms with Gasteiger partial charge in [-0.25, -0.2) is 0 Å². The number of hydrogen-bond donors (Lipinski definition) is 0. The van der Waals surface area contributed by atoms with Crippen LogP contribution in [0.1, 0.15) is 19.8 Å². The zero-order chi connectivity index (χ0) is 13.2. The molecule has 1 aromatic carbocycles. The van der Waals surface area contributed by atoms with Crippen LogP contribution in [-0.4, -0.2) is 25.7 Å². The summed E-state index contributed by atoms with van der Waals surface area (Å²) in [5.41, 5.74) is 1.27. The fourth-order valence-electron chi connectivity index (χ4n) is 2.80. The molecule has 0 spiro atoms. The van der Waals surface area contributed by atoms with Crippen molar-refractivity contribution >= 4 is 11.7 Å². The van der Waals surface area contributed by atoms with Crippen molar-refractivity contribution in [2.75, 3.05) is 24.6 Å². The average Bonchev–Trinajstić information content (AvgIpc) is 3.00. The quantitative estimate of drug-likeness (QED) is 0.779. The lowest BCUT2D eigenvalue weighted by atomic mass is 10.1. The van der Waals surface area contributed by atoms with E-state index in [1.165, 1.54) is 5.69 Å². The van der Waals surface area contributed by atoms with Gasteiger partial charge in [0.05, 0.1) is 12.5 Å². The van der Waals surface area contributed by atoms with E-state index < -0.39 is 0 Å². The first kappa shape index (κ1) is 12.5. The molecule has 1 aliphatic heterocycles. The van der Waals surface area contributed by atoms with E-state index in [4.69, 9.17) is 4.74 Å². The molecule has 3 rings (SSSR count). The minimum atomic E-state index is 0.0191. The molecule has 0 amide bonds. The molecule has 2 aliphatic rings. The van der Waals surface area contributed by atoms with Gasteiger partial charge in [0.2, 0.25) is 0 Å². The van der Waals surface area contributed by atoms with Crippen LogP contribution in [0.25, 0.3) is 0 Å². The molecule has 1 aliphatic carbocycles. The number of ether oxygens (including phenoxy) is 1. The highest BCUT2D eigenvalue weighted by Crippen LogP contribution is 2.38. The summed E-state index contributed by atoms with van der Waals surface area (Å²) in [5.74, 6) is 1.23. The molecule has 1 heterocycles. The molecule has 102 valence electrons. The second-order valence-corrected chi connectivity index (χ2v) is 5.89. The summed E-state index contributed by atoms with van der Waals surface area (Å²) in [7, 11) is 0. The molecular weight excluding hydrogens is 238 g/mol. The predicted molar refractivity (Wildman–Crippen MR) is 75.0 cm³/mol. The van der Waals surface area contributed by atoms with Crippen molar-refractivity contribution in [1.29, 1.82) is 0 Å². The van der Waals surface area contributed by atoms with Gasteiger partial charge in [0, 0.05) is 24.7 Å². The largest absolute Gasteiger partial charge is 0.465 e. The van der Waals surface area contributed by atoms with Gasteiger partial charge in [-0.3, -0.25) is 4.79 Å². The minimum absolute atomic E-state index is 0.0191. The van der Waals surface area contributed by atoms with E-state index in [-0.39, 0.29) is 11.9 Å². The molecule has 2 fully saturated rings. The SMILES string of the molecule is C[C@@H]1C[C@H]1C(=O)OC[C@@H]1CCN(c2ccccc2)C1. The molecule has 1 saturated heterocycles. The summed E-state index contributed by atoms with van der Waals surface area (Å²) in [6, 6.07) is 10.4. The predicted octanol–water partition coefficient (Wildman–Crippen LogP) is 2.71. The Bertz CT molecular complexity index is 445. The second-order valence-electron chi connectivity index (χ2n) is 5.89. The van der Waals surface area contributed by atoms with E-state index in [9.17, 15) is 4.79 Å².